The van der Waals surface area contributed by atoms with E-state index in [1.807, 2.05) is 6.07 Å². The number of nitrogens with one attached hydrogen (secondary N) is 1. The van der Waals surface area contributed by atoms with Crippen molar-refractivity contribution in [3.8, 4) is 11.5 Å². The van der Waals surface area contributed by atoms with Crippen LogP contribution in [0.15, 0.2) is 28.9 Å². The van der Waals surface area contributed by atoms with Gasteiger partial charge in [0.25, 0.3) is 0 Å². The minimum absolute atomic E-state index is 0.0869. The standard InChI is InChI=1S/C15H16N4O4S/c20-11(18-15(14(21)22)6-8-24-9-15)4-5-12-17-13(19-23-12)10-3-1-2-7-16-10/h1-3,7H,4-6,8-9H2,(H,18,20)(H,21,22). The molecule has 126 valence electrons. The quantitative estimate of drug-likeness (QED) is 0.798. The van der Waals surface area contributed by atoms with Crippen LogP contribution in [-0.4, -0.2) is 49.2 Å². The Balaban J connectivity index is 1.57. The molecule has 1 aliphatic heterocycles. The number of carbonyl (C=O) groups excluding carboxylic acids is 1. The zero-order valence-electron chi connectivity index (χ0n) is 12.8. The third-order valence-electron chi connectivity index (χ3n) is 3.74. The van der Waals surface area contributed by atoms with E-state index >= 15 is 0 Å². The molecule has 0 saturated carbocycles. The van der Waals surface area contributed by atoms with Crippen LogP contribution in [0.5, 0.6) is 0 Å². The second-order valence-electron chi connectivity index (χ2n) is 5.46. The minimum atomic E-state index is -1.16. The van der Waals surface area contributed by atoms with Crippen molar-refractivity contribution in [3.05, 3.63) is 30.3 Å². The van der Waals surface area contributed by atoms with E-state index in [0.29, 0.717) is 29.6 Å². The van der Waals surface area contributed by atoms with E-state index in [4.69, 9.17) is 4.52 Å². The average molecular weight is 348 g/mol. The maximum absolute atomic E-state index is 12.1. The molecule has 0 spiro atoms. The topological polar surface area (TPSA) is 118 Å². The average Bonchev–Trinajstić information content (AvgIpc) is 3.24. The first-order valence-electron chi connectivity index (χ1n) is 7.45. The van der Waals surface area contributed by atoms with Crippen LogP contribution in [0.3, 0.4) is 0 Å². The molecule has 0 aromatic carbocycles. The lowest BCUT2D eigenvalue weighted by Gasteiger charge is -2.24. The van der Waals surface area contributed by atoms with E-state index in [1.54, 1.807) is 18.3 Å². The zero-order valence-corrected chi connectivity index (χ0v) is 13.6. The van der Waals surface area contributed by atoms with Crippen LogP contribution in [0.1, 0.15) is 18.7 Å². The monoisotopic (exact) mass is 348 g/mol. The Bertz CT molecular complexity index is 728. The summed E-state index contributed by atoms with van der Waals surface area (Å²) in [6.45, 7) is 0. The Labute approximate surface area is 142 Å². The number of amides is 1. The maximum atomic E-state index is 12.1. The van der Waals surface area contributed by atoms with Crippen LogP contribution in [-0.2, 0) is 16.0 Å². The summed E-state index contributed by atoms with van der Waals surface area (Å²) < 4.78 is 5.11. The molecular weight excluding hydrogens is 332 g/mol. The highest BCUT2D eigenvalue weighted by atomic mass is 32.2. The van der Waals surface area contributed by atoms with Gasteiger partial charge < -0.3 is 14.9 Å². The Morgan fingerprint density at radius 1 is 1.42 bits per heavy atom. The number of pyridine rings is 1. The van der Waals surface area contributed by atoms with Crippen LogP contribution in [0.2, 0.25) is 0 Å². The van der Waals surface area contributed by atoms with Gasteiger partial charge in [-0.05, 0) is 24.3 Å². The number of carbonyl (C=O) groups is 2. The van der Waals surface area contributed by atoms with Gasteiger partial charge in [0.05, 0.1) is 0 Å². The fraction of sp³-hybridized carbons (Fsp3) is 0.400. The van der Waals surface area contributed by atoms with Crippen LogP contribution >= 0.6 is 11.8 Å². The van der Waals surface area contributed by atoms with Gasteiger partial charge in [-0.25, -0.2) is 4.79 Å². The predicted octanol–water partition coefficient (Wildman–Crippen LogP) is 1.14. The lowest BCUT2D eigenvalue weighted by Crippen LogP contribution is -2.54. The molecule has 1 unspecified atom stereocenters. The van der Waals surface area contributed by atoms with Gasteiger partial charge in [0.1, 0.15) is 11.2 Å². The number of aryl methyl sites for hydroxylation is 1. The van der Waals surface area contributed by atoms with Gasteiger partial charge in [-0.1, -0.05) is 11.2 Å². The fourth-order valence-electron chi connectivity index (χ4n) is 2.39. The normalized spacial score (nSPS) is 20.0. The predicted molar refractivity (Wildman–Crippen MR) is 86.3 cm³/mol. The lowest BCUT2D eigenvalue weighted by atomic mass is 9.99. The molecule has 1 saturated heterocycles. The van der Waals surface area contributed by atoms with Crippen LogP contribution in [0, 0.1) is 0 Å². The molecule has 3 rings (SSSR count). The van der Waals surface area contributed by atoms with Crippen molar-refractivity contribution in [2.24, 2.45) is 0 Å². The number of hydrogen-bond donors (Lipinski definition) is 2. The summed E-state index contributed by atoms with van der Waals surface area (Å²) >= 11 is 1.52. The van der Waals surface area contributed by atoms with Crippen molar-refractivity contribution < 1.29 is 19.2 Å². The molecule has 2 aromatic rings. The molecule has 1 aliphatic rings. The highest BCUT2D eigenvalue weighted by molar-refractivity contribution is 7.99. The molecule has 0 radical (unpaired) electrons. The highest BCUT2D eigenvalue weighted by Gasteiger charge is 2.43. The first-order valence-corrected chi connectivity index (χ1v) is 8.61. The molecule has 24 heavy (non-hydrogen) atoms. The number of carboxylic acid groups (broad SMARTS) is 1. The second-order valence-corrected chi connectivity index (χ2v) is 6.57. The Hall–Kier alpha value is -2.42. The number of carboxylic acids is 1. The zero-order chi connectivity index (χ0) is 17.0. The Morgan fingerprint density at radius 3 is 2.96 bits per heavy atom. The van der Waals surface area contributed by atoms with E-state index in [-0.39, 0.29) is 18.7 Å². The van der Waals surface area contributed by atoms with Crippen LogP contribution < -0.4 is 5.32 Å². The number of hydrogen-bond acceptors (Lipinski definition) is 7. The number of rotatable bonds is 6. The van der Waals surface area contributed by atoms with E-state index in [2.05, 4.69) is 20.4 Å². The molecule has 1 atom stereocenters. The van der Waals surface area contributed by atoms with E-state index in [9.17, 15) is 14.7 Å². The molecule has 3 heterocycles. The van der Waals surface area contributed by atoms with Gasteiger partial charge in [-0.3, -0.25) is 9.78 Å². The first kappa shape index (κ1) is 16.4. The maximum Gasteiger partial charge on any atom is 0.330 e. The minimum Gasteiger partial charge on any atom is -0.479 e. The summed E-state index contributed by atoms with van der Waals surface area (Å²) in [6, 6.07) is 5.36. The lowest BCUT2D eigenvalue weighted by molar-refractivity contribution is -0.146. The number of nitrogens with zero attached hydrogens (tertiary/aromatic N) is 3. The highest BCUT2D eigenvalue weighted by Crippen LogP contribution is 2.28. The second kappa shape index (κ2) is 7.00. The van der Waals surface area contributed by atoms with E-state index < -0.39 is 11.5 Å². The van der Waals surface area contributed by atoms with Crippen molar-refractivity contribution in [2.45, 2.75) is 24.8 Å². The molecule has 2 N–H and O–H groups in total. The molecular formula is C15H16N4O4S. The van der Waals surface area contributed by atoms with Crippen LogP contribution in [0.4, 0.5) is 0 Å². The summed E-state index contributed by atoms with van der Waals surface area (Å²) in [4.78, 5) is 31.8. The smallest absolute Gasteiger partial charge is 0.330 e. The number of aliphatic carboxylic acids is 1. The Morgan fingerprint density at radius 2 is 2.29 bits per heavy atom. The molecule has 8 nitrogen and oxygen atoms in total. The van der Waals surface area contributed by atoms with E-state index in [0.717, 1.165) is 5.75 Å². The summed E-state index contributed by atoms with van der Waals surface area (Å²) in [7, 11) is 0. The van der Waals surface area contributed by atoms with Crippen molar-refractivity contribution in [1.82, 2.24) is 20.4 Å². The number of aromatic nitrogens is 3. The van der Waals surface area contributed by atoms with Crippen molar-refractivity contribution in [3.63, 3.8) is 0 Å². The van der Waals surface area contributed by atoms with Gasteiger partial charge in [0.15, 0.2) is 0 Å². The fourth-order valence-corrected chi connectivity index (χ4v) is 3.72. The molecule has 2 aromatic heterocycles. The third kappa shape index (κ3) is 3.56. The first-order chi connectivity index (χ1) is 11.6. The van der Waals surface area contributed by atoms with Crippen molar-refractivity contribution >= 4 is 23.6 Å². The largest absolute Gasteiger partial charge is 0.479 e. The third-order valence-corrected chi connectivity index (χ3v) is 4.93. The van der Waals surface area contributed by atoms with Gasteiger partial charge in [0, 0.05) is 24.8 Å². The number of thioether (sulfide) groups is 1. The van der Waals surface area contributed by atoms with Gasteiger partial charge in [-0.2, -0.15) is 16.7 Å². The summed E-state index contributed by atoms with van der Waals surface area (Å²) in [6.07, 6.45) is 2.39. The molecule has 0 aliphatic carbocycles. The van der Waals surface area contributed by atoms with Gasteiger partial charge in [-0.15, -0.1) is 0 Å². The SMILES string of the molecule is O=C(CCc1nc(-c2ccccn2)no1)NC1(C(=O)O)CCSC1. The van der Waals surface area contributed by atoms with E-state index in [1.165, 1.54) is 11.8 Å². The van der Waals surface area contributed by atoms with Gasteiger partial charge >= 0.3 is 5.97 Å². The van der Waals surface area contributed by atoms with Crippen molar-refractivity contribution in [2.75, 3.05) is 11.5 Å². The summed E-state index contributed by atoms with van der Waals surface area (Å²) in [5.41, 5.74) is -0.569. The Kier molecular flexibility index (Phi) is 4.79. The van der Waals surface area contributed by atoms with Gasteiger partial charge in [0.2, 0.25) is 17.6 Å². The molecule has 1 amide bonds. The van der Waals surface area contributed by atoms with Crippen molar-refractivity contribution in [1.29, 1.82) is 0 Å². The summed E-state index contributed by atoms with van der Waals surface area (Å²) in [5, 5.41) is 15.8. The molecule has 1 fully saturated rings. The van der Waals surface area contributed by atoms with Crippen LogP contribution in [0.25, 0.3) is 11.5 Å². The molecule has 9 heteroatoms. The summed E-state index contributed by atoms with van der Waals surface area (Å²) in [5.74, 6) is 0.465. The molecule has 0 bridgehead atoms.